The van der Waals surface area contributed by atoms with Crippen molar-refractivity contribution < 1.29 is 14.8 Å². The number of nitro groups is 1. The van der Waals surface area contributed by atoms with Crippen molar-refractivity contribution in [3.8, 4) is 11.1 Å². The van der Waals surface area contributed by atoms with Gasteiger partial charge >= 0.3 is 5.97 Å². The summed E-state index contributed by atoms with van der Waals surface area (Å²) in [6.07, 6.45) is 3.05. The number of carboxylic acids is 1. The van der Waals surface area contributed by atoms with Crippen LogP contribution in [-0.4, -0.2) is 21.0 Å². The van der Waals surface area contributed by atoms with Crippen LogP contribution in [0, 0.1) is 10.1 Å². The average Bonchev–Trinajstić information content (AvgIpc) is 2.39. The largest absolute Gasteiger partial charge is 0.478 e. The summed E-state index contributed by atoms with van der Waals surface area (Å²) in [5.74, 6) is -1.20. The van der Waals surface area contributed by atoms with Crippen molar-refractivity contribution in [1.82, 2.24) is 4.98 Å². The molecule has 1 aromatic carbocycles. The Balaban J connectivity index is 2.61. The first-order chi connectivity index (χ1) is 8.59. The minimum Gasteiger partial charge on any atom is -0.478 e. The van der Waals surface area contributed by atoms with Crippen molar-refractivity contribution in [3.05, 3.63) is 58.4 Å². The van der Waals surface area contributed by atoms with Crippen molar-refractivity contribution in [3.63, 3.8) is 0 Å². The number of hydrogen-bond donors (Lipinski definition) is 1. The Kier molecular flexibility index (Phi) is 3.01. The molecule has 1 aromatic heterocycles. The van der Waals surface area contributed by atoms with E-state index in [1.165, 1.54) is 18.3 Å². The van der Waals surface area contributed by atoms with Crippen LogP contribution in [0.3, 0.4) is 0 Å². The fourth-order valence-electron chi connectivity index (χ4n) is 1.58. The molecule has 6 nitrogen and oxygen atoms in total. The predicted molar refractivity (Wildman–Crippen MR) is 63.3 cm³/mol. The van der Waals surface area contributed by atoms with Crippen LogP contribution in [0.4, 0.5) is 5.69 Å². The number of carbonyl (C=O) groups is 1. The van der Waals surface area contributed by atoms with E-state index in [0.29, 0.717) is 11.1 Å². The van der Waals surface area contributed by atoms with E-state index in [-0.39, 0.29) is 11.3 Å². The summed E-state index contributed by atoms with van der Waals surface area (Å²) in [4.78, 5) is 25.0. The third kappa shape index (κ3) is 2.17. The molecule has 6 heteroatoms. The van der Waals surface area contributed by atoms with Gasteiger partial charge in [0.1, 0.15) is 0 Å². The molecule has 0 radical (unpaired) electrons. The second-order valence-electron chi connectivity index (χ2n) is 3.54. The van der Waals surface area contributed by atoms with Crippen LogP contribution in [0.5, 0.6) is 0 Å². The van der Waals surface area contributed by atoms with E-state index in [9.17, 15) is 14.9 Å². The molecule has 18 heavy (non-hydrogen) atoms. The highest BCUT2D eigenvalue weighted by Crippen LogP contribution is 2.30. The smallest absolute Gasteiger partial charge is 0.335 e. The standard InChI is InChI=1S/C12H8N2O4/c15-12(16)8-3-4-10(11(6-8)14(17)18)9-2-1-5-13-7-9/h1-7H,(H,15,16). The minimum atomic E-state index is -1.20. The van der Waals surface area contributed by atoms with E-state index in [0.717, 1.165) is 6.07 Å². The lowest BCUT2D eigenvalue weighted by atomic mass is 10.0. The number of hydrogen-bond acceptors (Lipinski definition) is 4. The van der Waals surface area contributed by atoms with Gasteiger partial charge in [0.25, 0.3) is 5.69 Å². The van der Waals surface area contributed by atoms with Gasteiger partial charge in [-0.2, -0.15) is 0 Å². The second kappa shape index (κ2) is 4.62. The Hall–Kier alpha value is -2.76. The highest BCUT2D eigenvalue weighted by atomic mass is 16.6. The van der Waals surface area contributed by atoms with Crippen LogP contribution in [-0.2, 0) is 0 Å². The molecule has 0 fully saturated rings. The van der Waals surface area contributed by atoms with Gasteiger partial charge in [-0.3, -0.25) is 15.1 Å². The molecule has 0 saturated carbocycles. The number of benzene rings is 1. The van der Waals surface area contributed by atoms with E-state index in [2.05, 4.69) is 4.98 Å². The van der Waals surface area contributed by atoms with Crippen molar-refractivity contribution in [1.29, 1.82) is 0 Å². The first-order valence-corrected chi connectivity index (χ1v) is 5.01. The van der Waals surface area contributed by atoms with E-state index in [1.54, 1.807) is 18.3 Å². The quantitative estimate of drug-likeness (QED) is 0.660. The molecule has 0 aliphatic rings. The van der Waals surface area contributed by atoms with E-state index < -0.39 is 10.9 Å². The van der Waals surface area contributed by atoms with Crippen LogP contribution in [0.25, 0.3) is 11.1 Å². The molecule has 1 N–H and O–H groups in total. The Bertz CT molecular complexity index is 611. The topological polar surface area (TPSA) is 93.3 Å². The van der Waals surface area contributed by atoms with Crippen molar-refractivity contribution in [2.45, 2.75) is 0 Å². The molecular formula is C12H8N2O4. The molecule has 0 amide bonds. The van der Waals surface area contributed by atoms with E-state index in [4.69, 9.17) is 5.11 Å². The molecule has 0 atom stereocenters. The summed E-state index contributed by atoms with van der Waals surface area (Å²) < 4.78 is 0. The maximum atomic E-state index is 11.0. The van der Waals surface area contributed by atoms with Crippen LogP contribution >= 0.6 is 0 Å². The molecule has 90 valence electrons. The minimum absolute atomic E-state index is 0.116. The summed E-state index contributed by atoms with van der Waals surface area (Å²) in [6.45, 7) is 0. The lowest BCUT2D eigenvalue weighted by Crippen LogP contribution is -1.99. The third-order valence-electron chi connectivity index (χ3n) is 2.41. The number of rotatable bonds is 3. The van der Waals surface area contributed by atoms with Crippen molar-refractivity contribution >= 4 is 11.7 Å². The summed E-state index contributed by atoms with van der Waals surface area (Å²) in [7, 11) is 0. The SMILES string of the molecule is O=C(O)c1ccc(-c2cccnc2)c([N+](=O)[O-])c1. The molecule has 2 aromatic rings. The number of carboxylic acid groups (broad SMARTS) is 1. The average molecular weight is 244 g/mol. The van der Waals surface area contributed by atoms with Gasteiger partial charge in [-0.1, -0.05) is 6.07 Å². The summed E-state index contributed by atoms with van der Waals surface area (Å²) >= 11 is 0. The van der Waals surface area contributed by atoms with Gasteiger partial charge < -0.3 is 5.11 Å². The molecule has 0 bridgehead atoms. The molecule has 0 aliphatic carbocycles. The van der Waals surface area contributed by atoms with Crippen LogP contribution in [0.2, 0.25) is 0 Å². The number of nitrogens with zero attached hydrogens (tertiary/aromatic N) is 2. The van der Waals surface area contributed by atoms with Crippen LogP contribution < -0.4 is 0 Å². The first kappa shape index (κ1) is 11.7. The lowest BCUT2D eigenvalue weighted by molar-refractivity contribution is -0.384. The molecule has 2 rings (SSSR count). The van der Waals surface area contributed by atoms with E-state index >= 15 is 0 Å². The molecule has 0 spiro atoms. The maximum Gasteiger partial charge on any atom is 0.335 e. The summed E-state index contributed by atoms with van der Waals surface area (Å²) in [5.41, 5.74) is 0.552. The van der Waals surface area contributed by atoms with Crippen molar-refractivity contribution in [2.24, 2.45) is 0 Å². The van der Waals surface area contributed by atoms with Crippen molar-refractivity contribution in [2.75, 3.05) is 0 Å². The zero-order valence-corrected chi connectivity index (χ0v) is 9.11. The van der Waals surface area contributed by atoms with Gasteiger partial charge in [-0.25, -0.2) is 4.79 Å². The first-order valence-electron chi connectivity index (χ1n) is 5.01. The fourth-order valence-corrected chi connectivity index (χ4v) is 1.58. The Morgan fingerprint density at radius 3 is 2.67 bits per heavy atom. The zero-order valence-electron chi connectivity index (χ0n) is 9.11. The highest BCUT2D eigenvalue weighted by Gasteiger charge is 2.18. The van der Waals surface area contributed by atoms with Gasteiger partial charge in [0, 0.05) is 24.0 Å². The van der Waals surface area contributed by atoms with Gasteiger partial charge in [-0.05, 0) is 18.2 Å². The monoisotopic (exact) mass is 244 g/mol. The third-order valence-corrected chi connectivity index (χ3v) is 2.41. The Labute approximate surface area is 102 Å². The predicted octanol–water partition coefficient (Wildman–Crippen LogP) is 2.36. The normalized spacial score (nSPS) is 10.0. The molecule has 0 saturated heterocycles. The number of aromatic nitrogens is 1. The maximum absolute atomic E-state index is 11.0. The summed E-state index contributed by atoms with van der Waals surface area (Å²) in [5, 5.41) is 19.8. The second-order valence-corrected chi connectivity index (χ2v) is 3.54. The number of aromatic carboxylic acids is 1. The number of pyridine rings is 1. The van der Waals surface area contributed by atoms with Crippen LogP contribution in [0.1, 0.15) is 10.4 Å². The highest BCUT2D eigenvalue weighted by molar-refractivity contribution is 5.90. The zero-order chi connectivity index (χ0) is 13.1. The molecule has 0 aliphatic heterocycles. The number of nitro benzene ring substituents is 1. The van der Waals surface area contributed by atoms with E-state index in [1.807, 2.05) is 0 Å². The fraction of sp³-hybridized carbons (Fsp3) is 0. The Morgan fingerprint density at radius 2 is 2.11 bits per heavy atom. The van der Waals surface area contributed by atoms with Crippen LogP contribution in [0.15, 0.2) is 42.7 Å². The summed E-state index contributed by atoms with van der Waals surface area (Å²) in [6, 6.07) is 7.13. The van der Waals surface area contributed by atoms with Gasteiger partial charge in [-0.15, -0.1) is 0 Å². The molecule has 0 unspecified atom stereocenters. The molecule has 1 heterocycles. The van der Waals surface area contributed by atoms with Gasteiger partial charge in [0.05, 0.1) is 16.1 Å². The Morgan fingerprint density at radius 1 is 1.33 bits per heavy atom. The molecular weight excluding hydrogens is 236 g/mol. The van der Waals surface area contributed by atoms with Gasteiger partial charge in [0.15, 0.2) is 0 Å². The van der Waals surface area contributed by atoms with Gasteiger partial charge in [0.2, 0.25) is 0 Å². The lowest BCUT2D eigenvalue weighted by Gasteiger charge is -2.03.